The molecule has 0 bridgehead atoms. The van der Waals surface area contributed by atoms with Crippen molar-refractivity contribution >= 4 is 11.8 Å². The first-order chi connectivity index (χ1) is 10.4. The molecule has 0 radical (unpaired) electrons. The molecule has 0 aromatic rings. The molecule has 1 fully saturated rings. The van der Waals surface area contributed by atoms with Gasteiger partial charge in [0.25, 0.3) is 0 Å². The van der Waals surface area contributed by atoms with E-state index < -0.39 is 30.0 Å². The van der Waals surface area contributed by atoms with Crippen LogP contribution in [0.1, 0.15) is 47.0 Å². The quantitative estimate of drug-likeness (QED) is 0.792. The Hall–Kier alpha value is -1.27. The third-order valence-corrected chi connectivity index (χ3v) is 3.77. The second-order valence-corrected chi connectivity index (χ2v) is 7.40. The summed E-state index contributed by atoms with van der Waals surface area (Å²) >= 11 is 0. The van der Waals surface area contributed by atoms with Gasteiger partial charge in [0, 0.05) is 26.1 Å². The van der Waals surface area contributed by atoms with Gasteiger partial charge in [-0.2, -0.15) is 13.2 Å². The van der Waals surface area contributed by atoms with Crippen molar-refractivity contribution in [2.45, 2.75) is 53.1 Å². The van der Waals surface area contributed by atoms with Gasteiger partial charge in [0.1, 0.15) is 6.54 Å². The number of rotatable bonds is 4. The summed E-state index contributed by atoms with van der Waals surface area (Å²) < 4.78 is 38.4. The van der Waals surface area contributed by atoms with Crippen LogP contribution >= 0.6 is 0 Å². The highest BCUT2D eigenvalue weighted by molar-refractivity contribution is 5.81. The standard InChI is InChI=1S/C16H27F3N2O2/c1-5-13(22)20-8-6-7-12(9-20)14(23)21(10-15(2,3)4)11-16(17,18)19/h12H,5-11H2,1-4H3/t12-/m1/s1. The van der Waals surface area contributed by atoms with Gasteiger partial charge in [-0.25, -0.2) is 0 Å². The van der Waals surface area contributed by atoms with Crippen molar-refractivity contribution in [1.82, 2.24) is 9.80 Å². The first kappa shape index (κ1) is 19.8. The van der Waals surface area contributed by atoms with Crippen molar-refractivity contribution in [3.8, 4) is 0 Å². The van der Waals surface area contributed by atoms with Gasteiger partial charge >= 0.3 is 6.18 Å². The molecule has 0 aromatic heterocycles. The molecular weight excluding hydrogens is 309 g/mol. The summed E-state index contributed by atoms with van der Waals surface area (Å²) in [5.41, 5.74) is -0.422. The van der Waals surface area contributed by atoms with Crippen LogP contribution < -0.4 is 0 Å². The number of alkyl halides is 3. The zero-order valence-corrected chi connectivity index (χ0v) is 14.4. The maximum atomic E-state index is 12.8. The molecule has 0 aromatic carbocycles. The molecule has 0 N–H and O–H groups in total. The summed E-state index contributed by atoms with van der Waals surface area (Å²) in [4.78, 5) is 26.9. The Morgan fingerprint density at radius 1 is 1.17 bits per heavy atom. The van der Waals surface area contributed by atoms with Crippen molar-refractivity contribution in [3.05, 3.63) is 0 Å². The summed E-state index contributed by atoms with van der Waals surface area (Å²) in [5, 5.41) is 0. The zero-order valence-electron chi connectivity index (χ0n) is 14.4. The molecule has 23 heavy (non-hydrogen) atoms. The lowest BCUT2D eigenvalue weighted by atomic mass is 9.92. The Morgan fingerprint density at radius 3 is 2.26 bits per heavy atom. The number of piperidine rings is 1. The van der Waals surface area contributed by atoms with E-state index in [9.17, 15) is 22.8 Å². The second kappa shape index (κ2) is 7.53. The Labute approximate surface area is 136 Å². The molecule has 7 heteroatoms. The third-order valence-electron chi connectivity index (χ3n) is 3.77. The molecule has 0 unspecified atom stereocenters. The number of carbonyl (C=O) groups is 2. The van der Waals surface area contributed by atoms with Crippen molar-refractivity contribution in [2.75, 3.05) is 26.2 Å². The minimum Gasteiger partial charge on any atom is -0.342 e. The van der Waals surface area contributed by atoms with Gasteiger partial charge in [0.05, 0.1) is 5.92 Å². The summed E-state index contributed by atoms with van der Waals surface area (Å²) in [6, 6.07) is 0. The molecule has 1 atom stereocenters. The van der Waals surface area contributed by atoms with E-state index in [1.54, 1.807) is 32.6 Å². The SMILES string of the molecule is CCC(=O)N1CCC[C@@H](C(=O)N(CC(C)(C)C)CC(F)(F)F)C1. The van der Waals surface area contributed by atoms with Crippen LogP contribution in [-0.2, 0) is 9.59 Å². The maximum Gasteiger partial charge on any atom is 0.406 e. The molecular formula is C16H27F3N2O2. The van der Waals surface area contributed by atoms with Crippen LogP contribution in [-0.4, -0.2) is 54.0 Å². The van der Waals surface area contributed by atoms with E-state index in [2.05, 4.69) is 0 Å². The molecule has 0 saturated carbocycles. The smallest absolute Gasteiger partial charge is 0.342 e. The molecule has 0 spiro atoms. The predicted octanol–water partition coefficient (Wildman–Crippen LogP) is 3.07. The first-order valence-electron chi connectivity index (χ1n) is 8.06. The third kappa shape index (κ3) is 6.79. The fourth-order valence-corrected chi connectivity index (χ4v) is 2.89. The molecule has 1 saturated heterocycles. The lowest BCUT2D eigenvalue weighted by molar-refractivity contribution is -0.167. The highest BCUT2D eigenvalue weighted by Crippen LogP contribution is 2.26. The number of carbonyl (C=O) groups excluding carboxylic acids is 2. The van der Waals surface area contributed by atoms with Crippen LogP contribution in [0, 0.1) is 11.3 Å². The van der Waals surface area contributed by atoms with Gasteiger partial charge in [-0.3, -0.25) is 9.59 Å². The highest BCUT2D eigenvalue weighted by Gasteiger charge is 2.38. The van der Waals surface area contributed by atoms with E-state index in [4.69, 9.17) is 0 Å². The summed E-state index contributed by atoms with van der Waals surface area (Å²) in [6.07, 6.45) is -2.90. The molecule has 1 aliphatic heterocycles. The van der Waals surface area contributed by atoms with E-state index >= 15 is 0 Å². The number of nitrogens with zero attached hydrogens (tertiary/aromatic N) is 2. The molecule has 1 heterocycles. The fourth-order valence-electron chi connectivity index (χ4n) is 2.89. The van der Waals surface area contributed by atoms with Crippen LogP contribution in [0.4, 0.5) is 13.2 Å². The Bertz CT molecular complexity index is 414. The number of halogens is 3. The Balaban J connectivity index is 2.84. The average molecular weight is 336 g/mol. The molecule has 134 valence electrons. The minimum atomic E-state index is -4.42. The average Bonchev–Trinajstić information content (AvgIpc) is 2.42. The number of hydrogen-bond acceptors (Lipinski definition) is 2. The summed E-state index contributed by atoms with van der Waals surface area (Å²) in [6.45, 7) is 6.76. The lowest BCUT2D eigenvalue weighted by Gasteiger charge is -2.37. The molecule has 4 nitrogen and oxygen atoms in total. The van der Waals surface area contributed by atoms with Crippen molar-refractivity contribution < 1.29 is 22.8 Å². The number of amides is 2. The van der Waals surface area contributed by atoms with Crippen LogP contribution in [0.2, 0.25) is 0 Å². The van der Waals surface area contributed by atoms with Gasteiger partial charge < -0.3 is 9.80 Å². The maximum absolute atomic E-state index is 12.8. The van der Waals surface area contributed by atoms with Gasteiger partial charge in [-0.05, 0) is 18.3 Å². The lowest BCUT2D eigenvalue weighted by Crippen LogP contribution is -2.50. The fraction of sp³-hybridized carbons (Fsp3) is 0.875. The van der Waals surface area contributed by atoms with Crippen molar-refractivity contribution in [1.29, 1.82) is 0 Å². The number of likely N-dealkylation sites (tertiary alicyclic amines) is 1. The zero-order chi connectivity index (χ0) is 17.8. The van der Waals surface area contributed by atoms with Gasteiger partial charge in [0.15, 0.2) is 0 Å². The van der Waals surface area contributed by atoms with Crippen LogP contribution in [0.15, 0.2) is 0 Å². The van der Waals surface area contributed by atoms with Crippen LogP contribution in [0.25, 0.3) is 0 Å². The van der Waals surface area contributed by atoms with Crippen molar-refractivity contribution in [3.63, 3.8) is 0 Å². The van der Waals surface area contributed by atoms with Crippen LogP contribution in [0.3, 0.4) is 0 Å². The van der Waals surface area contributed by atoms with Gasteiger partial charge in [-0.1, -0.05) is 27.7 Å². The first-order valence-corrected chi connectivity index (χ1v) is 8.06. The van der Waals surface area contributed by atoms with Crippen LogP contribution in [0.5, 0.6) is 0 Å². The molecule has 1 aliphatic rings. The van der Waals surface area contributed by atoms with E-state index in [0.717, 1.165) is 4.90 Å². The molecule has 0 aliphatic carbocycles. The second-order valence-electron chi connectivity index (χ2n) is 7.40. The predicted molar refractivity (Wildman–Crippen MR) is 81.7 cm³/mol. The summed E-state index contributed by atoms with van der Waals surface area (Å²) in [7, 11) is 0. The topological polar surface area (TPSA) is 40.6 Å². The van der Waals surface area contributed by atoms with Gasteiger partial charge in [0.2, 0.25) is 11.8 Å². The highest BCUT2D eigenvalue weighted by atomic mass is 19.4. The molecule has 2 amide bonds. The molecule has 1 rings (SSSR count). The largest absolute Gasteiger partial charge is 0.406 e. The summed E-state index contributed by atoms with van der Waals surface area (Å²) in [5.74, 6) is -1.09. The van der Waals surface area contributed by atoms with E-state index in [-0.39, 0.29) is 19.0 Å². The Morgan fingerprint density at radius 2 is 1.78 bits per heavy atom. The monoisotopic (exact) mass is 336 g/mol. The van der Waals surface area contributed by atoms with E-state index in [1.165, 1.54) is 0 Å². The van der Waals surface area contributed by atoms with Crippen molar-refractivity contribution in [2.24, 2.45) is 11.3 Å². The number of hydrogen-bond donors (Lipinski definition) is 0. The minimum absolute atomic E-state index is 0.0452. The normalized spacial score (nSPS) is 19.6. The van der Waals surface area contributed by atoms with E-state index in [0.29, 0.717) is 25.8 Å². The van der Waals surface area contributed by atoms with Gasteiger partial charge in [-0.15, -0.1) is 0 Å². The van der Waals surface area contributed by atoms with E-state index in [1.807, 2.05) is 0 Å². The Kier molecular flexibility index (Phi) is 6.48.